The number of likely N-dealkylation sites (tertiary alicyclic amines) is 1. The predicted octanol–water partition coefficient (Wildman–Crippen LogP) is 3.39. The molecule has 3 heterocycles. The van der Waals surface area contributed by atoms with Crippen molar-refractivity contribution in [1.29, 1.82) is 0 Å². The van der Waals surface area contributed by atoms with E-state index < -0.39 is 0 Å². The summed E-state index contributed by atoms with van der Waals surface area (Å²) in [6.45, 7) is 13.2. The number of piperazine rings is 1. The summed E-state index contributed by atoms with van der Waals surface area (Å²) in [5, 5.41) is 5.73. The number of hydrogen-bond donors (Lipinski definition) is 1. The van der Waals surface area contributed by atoms with Crippen LogP contribution < -0.4 is 5.32 Å². The number of aryl methyl sites for hydroxylation is 3. The molecule has 0 radical (unpaired) electrons. The third-order valence-electron chi connectivity index (χ3n) is 6.76. The maximum Gasteiger partial charge on any atom is 0.240 e. The van der Waals surface area contributed by atoms with Gasteiger partial charge >= 0.3 is 0 Å². The fraction of sp³-hybridized carbons (Fsp3) is 0.583. The zero-order valence-corrected chi connectivity index (χ0v) is 20.1. The number of carbonyl (C=O) groups excluding carboxylic acids is 1. The van der Waals surface area contributed by atoms with E-state index in [1.165, 1.54) is 54.0 Å². The summed E-state index contributed by atoms with van der Waals surface area (Å²) < 4.78 is 0. The zero-order chi connectivity index (χ0) is 22.0. The Morgan fingerprint density at radius 2 is 1.84 bits per heavy atom. The summed E-state index contributed by atoms with van der Waals surface area (Å²) in [4.78, 5) is 24.6. The number of anilines is 1. The van der Waals surface area contributed by atoms with Gasteiger partial charge in [-0.15, -0.1) is 11.3 Å². The van der Waals surface area contributed by atoms with E-state index in [4.69, 9.17) is 0 Å². The van der Waals surface area contributed by atoms with Gasteiger partial charge < -0.3 is 10.2 Å². The molecule has 7 heteroatoms. The lowest BCUT2D eigenvalue weighted by Crippen LogP contribution is -2.55. The van der Waals surface area contributed by atoms with Crippen LogP contribution in [-0.4, -0.2) is 84.5 Å². The highest BCUT2D eigenvalue weighted by molar-refractivity contribution is 7.14. The molecule has 1 amide bonds. The normalized spacial score (nSPS) is 21.4. The number of nitrogens with one attached hydrogen (secondary N) is 1. The van der Waals surface area contributed by atoms with Crippen molar-refractivity contribution in [3.8, 4) is 11.3 Å². The first-order valence-corrected chi connectivity index (χ1v) is 12.3. The number of rotatable bonds is 5. The Balaban J connectivity index is 1.28. The van der Waals surface area contributed by atoms with Gasteiger partial charge in [0, 0.05) is 49.7 Å². The van der Waals surface area contributed by atoms with Crippen LogP contribution in [0.1, 0.15) is 29.5 Å². The van der Waals surface area contributed by atoms with Gasteiger partial charge in [0.15, 0.2) is 5.13 Å². The molecule has 1 aromatic carbocycles. The maximum absolute atomic E-state index is 12.6. The van der Waals surface area contributed by atoms with Crippen LogP contribution in [-0.2, 0) is 4.79 Å². The molecule has 2 fully saturated rings. The van der Waals surface area contributed by atoms with Crippen molar-refractivity contribution in [1.82, 2.24) is 19.7 Å². The molecule has 0 spiro atoms. The minimum atomic E-state index is 0.0311. The third-order valence-corrected chi connectivity index (χ3v) is 7.52. The van der Waals surface area contributed by atoms with Gasteiger partial charge in [-0.05, 0) is 70.0 Å². The molecule has 1 N–H and O–H groups in total. The molecule has 0 bridgehead atoms. The molecule has 1 atom stereocenters. The van der Waals surface area contributed by atoms with E-state index in [9.17, 15) is 4.79 Å². The molecule has 1 unspecified atom stereocenters. The summed E-state index contributed by atoms with van der Waals surface area (Å²) in [7, 11) is 2.22. The molecule has 2 aliphatic heterocycles. The lowest BCUT2D eigenvalue weighted by atomic mass is 9.99. The van der Waals surface area contributed by atoms with Crippen LogP contribution in [0, 0.1) is 20.8 Å². The molecule has 6 nitrogen and oxygen atoms in total. The van der Waals surface area contributed by atoms with Crippen LogP contribution in [0.25, 0.3) is 11.3 Å². The first kappa shape index (κ1) is 22.4. The summed E-state index contributed by atoms with van der Waals surface area (Å²) in [6.07, 6.45) is 2.60. The van der Waals surface area contributed by atoms with Crippen LogP contribution in [0.5, 0.6) is 0 Å². The highest BCUT2D eigenvalue weighted by atomic mass is 32.1. The van der Waals surface area contributed by atoms with Crippen LogP contribution >= 0.6 is 11.3 Å². The Kier molecular flexibility index (Phi) is 7.06. The van der Waals surface area contributed by atoms with Gasteiger partial charge in [-0.1, -0.05) is 6.07 Å². The second-order valence-corrected chi connectivity index (χ2v) is 10.1. The number of hydrogen-bond acceptors (Lipinski definition) is 6. The third kappa shape index (κ3) is 5.52. The topological polar surface area (TPSA) is 51.7 Å². The largest absolute Gasteiger partial charge is 0.305 e. The highest BCUT2D eigenvalue weighted by Gasteiger charge is 2.27. The monoisotopic (exact) mass is 441 g/mol. The van der Waals surface area contributed by atoms with Crippen LogP contribution in [0.3, 0.4) is 0 Å². The Bertz CT molecular complexity index is 919. The van der Waals surface area contributed by atoms with Gasteiger partial charge in [0.1, 0.15) is 0 Å². The Hall–Kier alpha value is -1.80. The average Bonchev–Trinajstić information content (AvgIpc) is 3.19. The van der Waals surface area contributed by atoms with Crippen molar-refractivity contribution < 1.29 is 4.79 Å². The van der Waals surface area contributed by atoms with Gasteiger partial charge in [0.2, 0.25) is 5.91 Å². The lowest BCUT2D eigenvalue weighted by Gasteiger charge is -2.42. The number of aromatic nitrogens is 1. The molecule has 4 rings (SSSR count). The smallest absolute Gasteiger partial charge is 0.240 e. The van der Waals surface area contributed by atoms with E-state index in [1.54, 1.807) is 0 Å². The Labute approximate surface area is 190 Å². The number of likely N-dealkylation sites (N-methyl/N-ethyl adjacent to an activating group) is 1. The van der Waals surface area contributed by atoms with E-state index in [0.29, 0.717) is 17.7 Å². The Morgan fingerprint density at radius 1 is 1.10 bits per heavy atom. The minimum Gasteiger partial charge on any atom is -0.305 e. The fourth-order valence-electron chi connectivity index (χ4n) is 4.78. The number of amides is 1. The molecule has 2 aliphatic rings. The van der Waals surface area contributed by atoms with E-state index in [0.717, 1.165) is 37.4 Å². The van der Waals surface area contributed by atoms with Crippen LogP contribution in [0.15, 0.2) is 17.5 Å². The van der Waals surface area contributed by atoms with Crippen LogP contribution in [0.4, 0.5) is 5.13 Å². The number of carbonyl (C=O) groups is 1. The molecule has 0 aliphatic carbocycles. The Morgan fingerprint density at radius 3 is 2.58 bits per heavy atom. The lowest BCUT2D eigenvalue weighted by molar-refractivity contribution is -0.117. The molecular weight excluding hydrogens is 406 g/mol. The van der Waals surface area contributed by atoms with Gasteiger partial charge in [-0.3, -0.25) is 14.6 Å². The maximum atomic E-state index is 12.6. The summed E-state index contributed by atoms with van der Waals surface area (Å²) in [6, 6.07) is 5.07. The molecular formula is C24H35N5OS. The number of thiazole rings is 1. The van der Waals surface area contributed by atoms with E-state index in [2.05, 4.69) is 65.0 Å². The zero-order valence-electron chi connectivity index (χ0n) is 19.3. The SMILES string of the molecule is Cc1cc(C)c(-c2csc(NC(=O)CN3CCN(C4CCCN(C)C4)CC3)n2)cc1C. The van der Waals surface area contributed by atoms with E-state index in [1.807, 2.05) is 5.38 Å². The van der Waals surface area contributed by atoms with Gasteiger partial charge in [0.05, 0.1) is 12.2 Å². The minimum absolute atomic E-state index is 0.0311. The molecule has 0 saturated carbocycles. The van der Waals surface area contributed by atoms with E-state index in [-0.39, 0.29) is 5.91 Å². The first-order chi connectivity index (χ1) is 14.9. The van der Waals surface area contributed by atoms with Gasteiger partial charge in [0.25, 0.3) is 0 Å². The molecule has 31 heavy (non-hydrogen) atoms. The standard InChI is InChI=1S/C24H35N5OS/c1-17-12-19(3)21(13-18(17)2)22-16-31-24(25-22)26-23(30)15-28-8-10-29(11-9-28)20-6-5-7-27(4)14-20/h12-13,16,20H,5-11,14-15H2,1-4H3,(H,25,26,30). The predicted molar refractivity (Wildman–Crippen MR) is 129 cm³/mol. The average molecular weight is 442 g/mol. The number of piperidine rings is 1. The van der Waals surface area contributed by atoms with Crippen molar-refractivity contribution in [2.75, 3.05) is 58.2 Å². The van der Waals surface area contributed by atoms with Crippen molar-refractivity contribution in [3.05, 3.63) is 34.2 Å². The van der Waals surface area contributed by atoms with Gasteiger partial charge in [-0.25, -0.2) is 4.98 Å². The number of benzene rings is 1. The van der Waals surface area contributed by atoms with Crippen molar-refractivity contribution >= 4 is 22.4 Å². The van der Waals surface area contributed by atoms with Gasteiger partial charge in [-0.2, -0.15) is 0 Å². The molecule has 168 valence electrons. The quantitative estimate of drug-likeness (QED) is 0.771. The van der Waals surface area contributed by atoms with Crippen molar-refractivity contribution in [3.63, 3.8) is 0 Å². The summed E-state index contributed by atoms with van der Waals surface area (Å²) >= 11 is 1.50. The summed E-state index contributed by atoms with van der Waals surface area (Å²) in [5.74, 6) is 0.0311. The highest BCUT2D eigenvalue weighted by Crippen LogP contribution is 2.29. The van der Waals surface area contributed by atoms with E-state index >= 15 is 0 Å². The molecule has 1 aromatic heterocycles. The second-order valence-electron chi connectivity index (χ2n) is 9.21. The summed E-state index contributed by atoms with van der Waals surface area (Å²) in [5.41, 5.74) is 5.85. The second kappa shape index (κ2) is 9.77. The van der Waals surface area contributed by atoms with Crippen LogP contribution in [0.2, 0.25) is 0 Å². The molecule has 2 aromatic rings. The first-order valence-electron chi connectivity index (χ1n) is 11.4. The van der Waals surface area contributed by atoms with Crippen molar-refractivity contribution in [2.45, 2.75) is 39.7 Å². The fourth-order valence-corrected chi connectivity index (χ4v) is 5.50. The number of nitrogens with zero attached hydrogens (tertiary/aromatic N) is 4. The van der Waals surface area contributed by atoms with Crippen molar-refractivity contribution in [2.24, 2.45) is 0 Å². The molecule has 2 saturated heterocycles.